The van der Waals surface area contributed by atoms with E-state index in [4.69, 9.17) is 4.74 Å². The second-order valence-electron chi connectivity index (χ2n) is 6.21. The Labute approximate surface area is 124 Å². The number of rotatable bonds is 2. The number of ether oxygens (including phenoxy) is 1. The molecular weight excluding hydrogens is 264 g/mol. The average molecular weight is 284 g/mol. The highest BCUT2D eigenvalue weighted by atomic mass is 16.5. The van der Waals surface area contributed by atoms with E-state index in [1.54, 1.807) is 7.11 Å². The van der Waals surface area contributed by atoms with Crippen LogP contribution in [0.15, 0.2) is 30.5 Å². The van der Waals surface area contributed by atoms with Crippen LogP contribution in [0.1, 0.15) is 36.0 Å². The molecule has 2 bridgehead atoms. The van der Waals surface area contributed by atoms with E-state index < -0.39 is 0 Å². The molecule has 2 aliphatic rings. The number of fused-ring (bicyclic) bond motifs is 3. The summed E-state index contributed by atoms with van der Waals surface area (Å²) in [5.41, 5.74) is 1.82. The second kappa shape index (κ2) is 4.88. The van der Waals surface area contributed by atoms with Crippen LogP contribution in [-0.2, 0) is 4.74 Å². The molecule has 2 aromatic rings. The number of benzene rings is 1. The first kappa shape index (κ1) is 12.9. The lowest BCUT2D eigenvalue weighted by molar-refractivity contribution is 0.00823. The highest BCUT2D eigenvalue weighted by Crippen LogP contribution is 2.37. The molecule has 0 spiro atoms. The fourth-order valence-electron chi connectivity index (χ4n) is 3.98. The Bertz CT molecular complexity index is 664. The largest absolute Gasteiger partial charge is 0.381 e. The summed E-state index contributed by atoms with van der Waals surface area (Å²) in [6.45, 7) is 0. The van der Waals surface area contributed by atoms with Crippen LogP contribution < -0.4 is 0 Å². The number of carbonyl (C=O) groups excluding carboxylic acids is 1. The minimum atomic E-state index is 0.175. The van der Waals surface area contributed by atoms with Crippen molar-refractivity contribution in [3.8, 4) is 0 Å². The molecule has 2 fully saturated rings. The van der Waals surface area contributed by atoms with E-state index in [2.05, 4.69) is 9.88 Å². The van der Waals surface area contributed by atoms with Gasteiger partial charge in [-0.2, -0.15) is 0 Å². The highest BCUT2D eigenvalue weighted by molar-refractivity contribution is 5.98. The van der Waals surface area contributed by atoms with E-state index in [9.17, 15) is 4.79 Å². The van der Waals surface area contributed by atoms with Gasteiger partial charge < -0.3 is 14.6 Å². The van der Waals surface area contributed by atoms with Crippen LogP contribution in [0, 0.1) is 0 Å². The van der Waals surface area contributed by atoms with Gasteiger partial charge in [-0.05, 0) is 49.3 Å². The normalized spacial score (nSPS) is 28.2. The van der Waals surface area contributed by atoms with Crippen molar-refractivity contribution in [1.29, 1.82) is 0 Å². The summed E-state index contributed by atoms with van der Waals surface area (Å²) in [7, 11) is 1.78. The summed E-state index contributed by atoms with van der Waals surface area (Å²) in [6, 6.07) is 8.65. The van der Waals surface area contributed by atoms with Gasteiger partial charge in [0.2, 0.25) is 0 Å². The van der Waals surface area contributed by atoms with Gasteiger partial charge in [-0.15, -0.1) is 0 Å². The van der Waals surface area contributed by atoms with Crippen LogP contribution in [0.5, 0.6) is 0 Å². The molecule has 110 valence electrons. The van der Waals surface area contributed by atoms with Crippen molar-refractivity contribution in [2.24, 2.45) is 0 Å². The first-order chi connectivity index (χ1) is 10.3. The zero-order valence-electron chi connectivity index (χ0n) is 12.2. The Hall–Kier alpha value is -1.81. The van der Waals surface area contributed by atoms with Crippen LogP contribution >= 0.6 is 0 Å². The Morgan fingerprint density at radius 3 is 2.71 bits per heavy atom. The number of hydrogen-bond donors (Lipinski definition) is 1. The number of aromatic amines is 1. The van der Waals surface area contributed by atoms with Crippen molar-refractivity contribution in [1.82, 2.24) is 9.88 Å². The van der Waals surface area contributed by atoms with Crippen molar-refractivity contribution < 1.29 is 9.53 Å². The third kappa shape index (κ3) is 2.05. The van der Waals surface area contributed by atoms with Gasteiger partial charge >= 0.3 is 0 Å². The average Bonchev–Trinajstić information content (AvgIpc) is 3.08. The molecule has 4 heteroatoms. The molecule has 4 rings (SSSR count). The molecule has 2 unspecified atom stereocenters. The van der Waals surface area contributed by atoms with Gasteiger partial charge in [0.15, 0.2) is 0 Å². The summed E-state index contributed by atoms with van der Waals surface area (Å²) < 4.78 is 5.51. The quantitative estimate of drug-likeness (QED) is 0.921. The minimum absolute atomic E-state index is 0.175. The zero-order chi connectivity index (χ0) is 14.4. The number of carbonyl (C=O) groups is 1. The van der Waals surface area contributed by atoms with E-state index >= 15 is 0 Å². The molecule has 21 heavy (non-hydrogen) atoms. The number of piperidine rings is 1. The molecule has 1 N–H and O–H groups in total. The molecule has 0 aliphatic carbocycles. The lowest BCUT2D eigenvalue weighted by Gasteiger charge is -2.38. The van der Waals surface area contributed by atoms with E-state index in [0.717, 1.165) is 42.1 Å². The molecule has 2 aliphatic heterocycles. The van der Waals surface area contributed by atoms with Crippen molar-refractivity contribution in [3.05, 3.63) is 36.0 Å². The number of nitrogens with zero attached hydrogens (tertiary/aromatic N) is 1. The first-order valence-electron chi connectivity index (χ1n) is 7.69. The summed E-state index contributed by atoms with van der Waals surface area (Å²) in [6.07, 6.45) is 6.40. The van der Waals surface area contributed by atoms with Crippen LogP contribution in [0.4, 0.5) is 0 Å². The van der Waals surface area contributed by atoms with Crippen molar-refractivity contribution in [2.75, 3.05) is 7.11 Å². The van der Waals surface area contributed by atoms with Crippen molar-refractivity contribution in [2.45, 2.75) is 43.9 Å². The van der Waals surface area contributed by atoms with Crippen LogP contribution in [0.3, 0.4) is 0 Å². The second-order valence-corrected chi connectivity index (χ2v) is 6.21. The summed E-state index contributed by atoms with van der Waals surface area (Å²) >= 11 is 0. The maximum Gasteiger partial charge on any atom is 0.254 e. The van der Waals surface area contributed by atoms with Gasteiger partial charge in [-0.3, -0.25) is 4.79 Å². The number of nitrogens with one attached hydrogen (secondary N) is 1. The lowest BCUT2D eigenvalue weighted by Crippen LogP contribution is -2.48. The van der Waals surface area contributed by atoms with Crippen LogP contribution in [-0.4, -0.2) is 41.1 Å². The van der Waals surface area contributed by atoms with E-state index in [-0.39, 0.29) is 5.91 Å². The van der Waals surface area contributed by atoms with Gasteiger partial charge in [-0.1, -0.05) is 6.07 Å². The molecule has 1 amide bonds. The summed E-state index contributed by atoms with van der Waals surface area (Å²) in [5, 5.41) is 1.15. The maximum absolute atomic E-state index is 12.9. The molecule has 1 aromatic heterocycles. The SMILES string of the molecule is COC1CC2CCC(C1)N2C(=O)c1ccc2cc[nH]c2c1. The van der Waals surface area contributed by atoms with Crippen molar-refractivity contribution in [3.63, 3.8) is 0 Å². The minimum Gasteiger partial charge on any atom is -0.381 e. The van der Waals surface area contributed by atoms with Crippen molar-refractivity contribution >= 4 is 16.8 Å². The maximum atomic E-state index is 12.9. The molecule has 4 nitrogen and oxygen atoms in total. The lowest BCUT2D eigenvalue weighted by atomic mass is 9.98. The third-order valence-corrected chi connectivity index (χ3v) is 5.06. The van der Waals surface area contributed by atoms with Gasteiger partial charge in [0.1, 0.15) is 0 Å². The number of hydrogen-bond acceptors (Lipinski definition) is 2. The fourth-order valence-corrected chi connectivity index (χ4v) is 3.98. The Morgan fingerprint density at radius 1 is 1.24 bits per heavy atom. The zero-order valence-corrected chi connectivity index (χ0v) is 12.2. The predicted octanol–water partition coefficient (Wildman–Crippen LogP) is 2.95. The van der Waals surface area contributed by atoms with Gasteiger partial charge in [0, 0.05) is 36.5 Å². The smallest absolute Gasteiger partial charge is 0.254 e. The molecule has 0 radical (unpaired) electrons. The predicted molar refractivity (Wildman–Crippen MR) is 81.3 cm³/mol. The van der Waals surface area contributed by atoms with Gasteiger partial charge in [0.25, 0.3) is 5.91 Å². The summed E-state index contributed by atoms with van der Waals surface area (Å²) in [4.78, 5) is 18.2. The van der Waals surface area contributed by atoms with E-state index in [1.807, 2.05) is 30.5 Å². The third-order valence-electron chi connectivity index (χ3n) is 5.06. The molecule has 2 atom stereocenters. The number of amides is 1. The van der Waals surface area contributed by atoms with E-state index in [0.29, 0.717) is 18.2 Å². The molecular formula is C17H20N2O2. The first-order valence-corrected chi connectivity index (χ1v) is 7.69. The Morgan fingerprint density at radius 2 is 2.00 bits per heavy atom. The number of H-pyrrole nitrogens is 1. The number of methoxy groups -OCH3 is 1. The van der Waals surface area contributed by atoms with Crippen LogP contribution in [0.25, 0.3) is 10.9 Å². The number of aromatic nitrogens is 1. The Balaban J connectivity index is 1.62. The van der Waals surface area contributed by atoms with Gasteiger partial charge in [-0.25, -0.2) is 0 Å². The highest BCUT2D eigenvalue weighted by Gasteiger charge is 2.43. The van der Waals surface area contributed by atoms with Crippen LogP contribution in [0.2, 0.25) is 0 Å². The molecule has 2 saturated heterocycles. The van der Waals surface area contributed by atoms with Gasteiger partial charge in [0.05, 0.1) is 6.10 Å². The topological polar surface area (TPSA) is 45.3 Å². The monoisotopic (exact) mass is 284 g/mol. The Kier molecular flexibility index (Phi) is 3.00. The van der Waals surface area contributed by atoms with E-state index in [1.165, 1.54) is 0 Å². The summed E-state index contributed by atoms with van der Waals surface area (Å²) in [5.74, 6) is 0.175. The fraction of sp³-hybridized carbons (Fsp3) is 0.471. The molecule has 0 saturated carbocycles. The molecule has 3 heterocycles. The molecule has 1 aromatic carbocycles. The standard InChI is InChI=1S/C17H20N2O2/c1-21-15-9-13-4-5-14(10-15)19(13)17(20)12-3-2-11-6-7-18-16(11)8-12/h2-3,6-8,13-15,18H,4-5,9-10H2,1H3.